The summed E-state index contributed by atoms with van der Waals surface area (Å²) in [5, 5.41) is 5.98. The van der Waals surface area contributed by atoms with Crippen molar-refractivity contribution < 1.29 is 4.74 Å². The van der Waals surface area contributed by atoms with Gasteiger partial charge in [-0.2, -0.15) is 4.98 Å². The molecule has 2 N–H and O–H groups in total. The van der Waals surface area contributed by atoms with Crippen molar-refractivity contribution in [1.29, 1.82) is 0 Å². The standard InChI is InChI=1S/C8H12N4O.C3H8/c1-9-8-11-3-2-7(12-8)13-6-4-10-5-6;1-3-2/h2-3,6,10H,4-5H2,1H3,(H,9,11,12);3H2,1-2H3. The minimum atomic E-state index is 0.264. The average Bonchev–Trinajstić information content (AvgIpc) is 2.25. The quantitative estimate of drug-likeness (QED) is 0.810. The summed E-state index contributed by atoms with van der Waals surface area (Å²) in [5.41, 5.74) is 0. The molecule has 5 nitrogen and oxygen atoms in total. The third-order valence-electron chi connectivity index (χ3n) is 1.89. The molecule has 0 radical (unpaired) electrons. The normalized spacial score (nSPS) is 14.4. The molecule has 1 fully saturated rings. The number of hydrogen-bond acceptors (Lipinski definition) is 5. The van der Waals surface area contributed by atoms with E-state index in [9.17, 15) is 0 Å². The van der Waals surface area contributed by atoms with Crippen LogP contribution < -0.4 is 15.4 Å². The largest absolute Gasteiger partial charge is 0.472 e. The number of ether oxygens (including phenoxy) is 1. The average molecular weight is 224 g/mol. The van der Waals surface area contributed by atoms with E-state index in [0.29, 0.717) is 11.8 Å². The Kier molecular flexibility index (Phi) is 5.56. The summed E-state index contributed by atoms with van der Waals surface area (Å²) in [6.07, 6.45) is 3.19. The summed E-state index contributed by atoms with van der Waals surface area (Å²) in [6.45, 7) is 6.05. The topological polar surface area (TPSA) is 59.1 Å². The van der Waals surface area contributed by atoms with Gasteiger partial charge in [0.2, 0.25) is 11.8 Å². The van der Waals surface area contributed by atoms with Crippen LogP contribution in [0.1, 0.15) is 20.3 Å². The molecule has 2 heterocycles. The lowest BCUT2D eigenvalue weighted by atomic mass is 10.2. The summed E-state index contributed by atoms with van der Waals surface area (Å²) in [5.74, 6) is 1.22. The minimum absolute atomic E-state index is 0.264. The molecule has 0 unspecified atom stereocenters. The van der Waals surface area contributed by atoms with Gasteiger partial charge in [0, 0.05) is 32.4 Å². The Morgan fingerprint density at radius 2 is 2.19 bits per heavy atom. The van der Waals surface area contributed by atoms with E-state index >= 15 is 0 Å². The van der Waals surface area contributed by atoms with Gasteiger partial charge in [0.1, 0.15) is 6.10 Å². The molecule has 2 rings (SSSR count). The molecule has 1 aliphatic heterocycles. The van der Waals surface area contributed by atoms with Crippen LogP contribution in [0.5, 0.6) is 5.88 Å². The molecule has 0 aromatic carbocycles. The van der Waals surface area contributed by atoms with E-state index in [4.69, 9.17) is 4.74 Å². The second-order valence-corrected chi connectivity index (χ2v) is 3.57. The smallest absolute Gasteiger partial charge is 0.225 e. The van der Waals surface area contributed by atoms with Crippen molar-refractivity contribution in [3.63, 3.8) is 0 Å². The third kappa shape index (κ3) is 4.02. The lowest BCUT2D eigenvalue weighted by Crippen LogP contribution is -2.50. The zero-order chi connectivity index (χ0) is 11.8. The molecular weight excluding hydrogens is 204 g/mol. The first-order valence-electron chi connectivity index (χ1n) is 5.68. The van der Waals surface area contributed by atoms with E-state index in [-0.39, 0.29) is 6.10 Å². The van der Waals surface area contributed by atoms with Crippen LogP contribution in [0.25, 0.3) is 0 Å². The minimum Gasteiger partial charge on any atom is -0.472 e. The van der Waals surface area contributed by atoms with Crippen LogP contribution in [-0.4, -0.2) is 36.2 Å². The Hall–Kier alpha value is -1.36. The Morgan fingerprint density at radius 3 is 2.69 bits per heavy atom. The van der Waals surface area contributed by atoms with Gasteiger partial charge in [-0.3, -0.25) is 0 Å². The van der Waals surface area contributed by atoms with Gasteiger partial charge in [-0.25, -0.2) is 4.98 Å². The zero-order valence-electron chi connectivity index (χ0n) is 10.2. The van der Waals surface area contributed by atoms with Gasteiger partial charge in [-0.05, 0) is 0 Å². The predicted molar refractivity (Wildman–Crippen MR) is 64.8 cm³/mol. The highest BCUT2D eigenvalue weighted by Gasteiger charge is 2.18. The fraction of sp³-hybridized carbons (Fsp3) is 0.636. The molecule has 1 aromatic rings. The third-order valence-corrected chi connectivity index (χ3v) is 1.89. The van der Waals surface area contributed by atoms with Crippen LogP contribution in [0.3, 0.4) is 0 Å². The molecule has 16 heavy (non-hydrogen) atoms. The van der Waals surface area contributed by atoms with Crippen molar-refractivity contribution in [1.82, 2.24) is 15.3 Å². The highest BCUT2D eigenvalue weighted by molar-refractivity contribution is 5.26. The number of nitrogens with one attached hydrogen (secondary N) is 2. The highest BCUT2D eigenvalue weighted by Crippen LogP contribution is 2.11. The molecular formula is C11H20N4O. The summed E-state index contributed by atoms with van der Waals surface area (Å²) >= 11 is 0. The van der Waals surface area contributed by atoms with Gasteiger partial charge in [0.05, 0.1) is 0 Å². The Bertz CT molecular complexity index is 302. The first kappa shape index (κ1) is 12.7. The zero-order valence-corrected chi connectivity index (χ0v) is 10.2. The van der Waals surface area contributed by atoms with E-state index < -0.39 is 0 Å². The monoisotopic (exact) mass is 224 g/mol. The van der Waals surface area contributed by atoms with Crippen molar-refractivity contribution in [3.05, 3.63) is 12.3 Å². The molecule has 0 amide bonds. The molecule has 0 spiro atoms. The van der Waals surface area contributed by atoms with Crippen molar-refractivity contribution in [3.8, 4) is 5.88 Å². The van der Waals surface area contributed by atoms with Gasteiger partial charge < -0.3 is 15.4 Å². The highest BCUT2D eigenvalue weighted by atomic mass is 16.5. The number of anilines is 1. The molecule has 1 aromatic heterocycles. The Balaban J connectivity index is 0.000000386. The van der Waals surface area contributed by atoms with E-state index in [1.165, 1.54) is 6.42 Å². The number of aromatic nitrogens is 2. The van der Waals surface area contributed by atoms with Gasteiger partial charge in [0.25, 0.3) is 0 Å². The van der Waals surface area contributed by atoms with Gasteiger partial charge in [0.15, 0.2) is 0 Å². The summed E-state index contributed by atoms with van der Waals surface area (Å²) in [4.78, 5) is 8.13. The molecule has 0 aliphatic carbocycles. The summed E-state index contributed by atoms with van der Waals surface area (Å²) < 4.78 is 5.54. The molecule has 90 valence electrons. The van der Waals surface area contributed by atoms with Gasteiger partial charge in [-0.15, -0.1) is 0 Å². The van der Waals surface area contributed by atoms with E-state index in [2.05, 4.69) is 34.4 Å². The van der Waals surface area contributed by atoms with Crippen LogP contribution in [0.15, 0.2) is 12.3 Å². The second kappa shape index (κ2) is 7.00. The predicted octanol–water partition coefficient (Wildman–Crippen LogP) is 1.29. The fourth-order valence-electron chi connectivity index (χ4n) is 1.04. The number of hydrogen-bond donors (Lipinski definition) is 2. The van der Waals surface area contributed by atoms with Crippen molar-refractivity contribution in [2.24, 2.45) is 0 Å². The summed E-state index contributed by atoms with van der Waals surface area (Å²) in [7, 11) is 1.78. The van der Waals surface area contributed by atoms with Crippen LogP contribution in [0.4, 0.5) is 5.95 Å². The molecule has 5 heteroatoms. The van der Waals surface area contributed by atoms with Crippen LogP contribution in [-0.2, 0) is 0 Å². The van der Waals surface area contributed by atoms with E-state index in [0.717, 1.165) is 13.1 Å². The Labute approximate surface area is 96.6 Å². The number of nitrogens with zero attached hydrogens (tertiary/aromatic N) is 2. The SMILES string of the molecule is CCC.CNc1nccc(OC2CNC2)n1. The first-order chi connectivity index (χ1) is 7.80. The van der Waals surface area contributed by atoms with Crippen LogP contribution in [0, 0.1) is 0 Å². The maximum Gasteiger partial charge on any atom is 0.225 e. The molecule has 1 aliphatic rings. The molecule has 1 saturated heterocycles. The van der Waals surface area contributed by atoms with Crippen molar-refractivity contribution >= 4 is 5.95 Å². The molecule has 0 bridgehead atoms. The first-order valence-corrected chi connectivity index (χ1v) is 5.68. The number of rotatable bonds is 3. The van der Waals surface area contributed by atoms with Gasteiger partial charge in [-0.1, -0.05) is 20.3 Å². The van der Waals surface area contributed by atoms with Crippen LogP contribution >= 0.6 is 0 Å². The van der Waals surface area contributed by atoms with Crippen molar-refractivity contribution in [2.75, 3.05) is 25.5 Å². The molecule has 0 saturated carbocycles. The lowest BCUT2D eigenvalue weighted by Gasteiger charge is -2.27. The van der Waals surface area contributed by atoms with Crippen molar-refractivity contribution in [2.45, 2.75) is 26.4 Å². The van der Waals surface area contributed by atoms with Crippen LogP contribution in [0.2, 0.25) is 0 Å². The fourth-order valence-corrected chi connectivity index (χ4v) is 1.04. The Morgan fingerprint density at radius 1 is 1.50 bits per heavy atom. The van der Waals surface area contributed by atoms with E-state index in [1.807, 2.05) is 0 Å². The van der Waals surface area contributed by atoms with E-state index in [1.54, 1.807) is 19.3 Å². The maximum atomic E-state index is 5.54. The molecule has 0 atom stereocenters. The summed E-state index contributed by atoms with van der Waals surface area (Å²) in [6, 6.07) is 1.76. The second-order valence-electron chi connectivity index (χ2n) is 3.57. The lowest BCUT2D eigenvalue weighted by molar-refractivity contribution is 0.136. The maximum absolute atomic E-state index is 5.54. The van der Waals surface area contributed by atoms with Gasteiger partial charge >= 0.3 is 0 Å².